The molecule has 10 nitrogen and oxygen atoms in total. The summed E-state index contributed by atoms with van der Waals surface area (Å²) in [4.78, 5) is 23.6. The largest absolute Gasteiger partial charge is 0.493 e. The fraction of sp³-hybridized carbons (Fsp3) is 0.375. The molecule has 0 fully saturated rings. The lowest BCUT2D eigenvalue weighted by Gasteiger charge is -2.26. The van der Waals surface area contributed by atoms with E-state index in [0.717, 1.165) is 10.9 Å². The Morgan fingerprint density at radius 1 is 1.17 bits per heavy atom. The highest BCUT2D eigenvalue weighted by molar-refractivity contribution is 6.32. The van der Waals surface area contributed by atoms with Gasteiger partial charge in [0.15, 0.2) is 23.0 Å². The third-order valence-electron chi connectivity index (χ3n) is 6.18. The van der Waals surface area contributed by atoms with E-state index in [2.05, 4.69) is 20.6 Å². The molecule has 184 valence electrons. The van der Waals surface area contributed by atoms with Crippen LogP contribution in [0.2, 0.25) is 5.02 Å². The zero-order valence-corrected chi connectivity index (χ0v) is 20.4. The average Bonchev–Trinajstić information content (AvgIpc) is 3.35. The molecule has 2 aliphatic heterocycles. The van der Waals surface area contributed by atoms with E-state index in [4.69, 9.17) is 30.5 Å². The SMILES string of the molecule is COc1cc2ncnc3c2cc1OCCCNC(=O)[C@H](C)N(C)Cc1cc(Cl)c2c(c1N3)OCO2. The van der Waals surface area contributed by atoms with Crippen LogP contribution in [0, 0.1) is 0 Å². The number of hydrogen-bond acceptors (Lipinski definition) is 9. The minimum atomic E-state index is -0.376. The van der Waals surface area contributed by atoms with Crippen LogP contribution in [0.15, 0.2) is 24.5 Å². The number of methoxy groups -OCH3 is 1. The lowest BCUT2D eigenvalue weighted by atomic mass is 10.1. The van der Waals surface area contributed by atoms with Crippen molar-refractivity contribution in [2.45, 2.75) is 25.9 Å². The van der Waals surface area contributed by atoms with Crippen molar-refractivity contribution in [3.8, 4) is 23.0 Å². The summed E-state index contributed by atoms with van der Waals surface area (Å²) < 4.78 is 22.9. The molecule has 0 aliphatic carbocycles. The molecule has 0 radical (unpaired) electrons. The van der Waals surface area contributed by atoms with Crippen molar-refractivity contribution in [3.05, 3.63) is 35.1 Å². The van der Waals surface area contributed by atoms with Crippen LogP contribution < -0.4 is 29.6 Å². The number of amides is 1. The van der Waals surface area contributed by atoms with Crippen LogP contribution in [0.4, 0.5) is 11.5 Å². The molecule has 0 saturated heterocycles. The summed E-state index contributed by atoms with van der Waals surface area (Å²) in [6, 6.07) is 5.11. The molecule has 1 aromatic heterocycles. The smallest absolute Gasteiger partial charge is 0.237 e. The van der Waals surface area contributed by atoms with Gasteiger partial charge in [-0.25, -0.2) is 9.97 Å². The Labute approximate surface area is 207 Å². The van der Waals surface area contributed by atoms with Crippen molar-refractivity contribution in [1.29, 1.82) is 0 Å². The van der Waals surface area contributed by atoms with Gasteiger partial charge in [0.25, 0.3) is 0 Å². The molecule has 0 unspecified atom stereocenters. The minimum absolute atomic E-state index is 0.0571. The van der Waals surface area contributed by atoms with Gasteiger partial charge in [-0.2, -0.15) is 0 Å². The van der Waals surface area contributed by atoms with Crippen molar-refractivity contribution in [2.24, 2.45) is 0 Å². The van der Waals surface area contributed by atoms with Crippen LogP contribution in [0.25, 0.3) is 10.9 Å². The highest BCUT2D eigenvalue weighted by Gasteiger charge is 2.28. The van der Waals surface area contributed by atoms with Crippen molar-refractivity contribution in [2.75, 3.05) is 39.4 Å². The van der Waals surface area contributed by atoms with Crippen LogP contribution in [0.1, 0.15) is 18.9 Å². The monoisotopic (exact) mass is 499 g/mol. The molecule has 0 spiro atoms. The molecular weight excluding hydrogens is 474 g/mol. The summed E-state index contributed by atoms with van der Waals surface area (Å²) in [5.41, 5.74) is 2.17. The lowest BCUT2D eigenvalue weighted by Crippen LogP contribution is -2.43. The molecule has 1 atom stereocenters. The quantitative estimate of drug-likeness (QED) is 0.520. The predicted molar refractivity (Wildman–Crippen MR) is 131 cm³/mol. The maximum absolute atomic E-state index is 12.7. The van der Waals surface area contributed by atoms with Crippen LogP contribution in [0.5, 0.6) is 23.0 Å². The molecule has 0 saturated carbocycles. The first-order chi connectivity index (χ1) is 17.0. The zero-order chi connectivity index (χ0) is 24.5. The first-order valence-corrected chi connectivity index (χ1v) is 11.7. The molecular formula is C24H26ClN5O5. The number of anilines is 2. The lowest BCUT2D eigenvalue weighted by molar-refractivity contribution is -0.125. The third kappa shape index (κ3) is 4.46. The molecule has 2 N–H and O–H groups in total. The topological polar surface area (TPSA) is 107 Å². The van der Waals surface area contributed by atoms with Gasteiger partial charge in [-0.05, 0) is 38.1 Å². The molecule has 3 aromatic rings. The Bertz CT molecular complexity index is 1290. The number of likely N-dealkylation sites (N-methyl/N-ethyl adjacent to an activating group) is 1. The van der Waals surface area contributed by atoms with Gasteiger partial charge in [0, 0.05) is 24.5 Å². The Morgan fingerprint density at radius 3 is 2.83 bits per heavy atom. The number of nitrogens with zero attached hydrogens (tertiary/aromatic N) is 3. The molecule has 2 aliphatic rings. The number of carbonyl (C=O) groups is 1. The maximum atomic E-state index is 12.7. The van der Waals surface area contributed by atoms with Gasteiger partial charge < -0.3 is 29.6 Å². The second kappa shape index (κ2) is 9.63. The molecule has 5 rings (SSSR count). The Balaban J connectivity index is 1.66. The summed E-state index contributed by atoms with van der Waals surface area (Å²) in [7, 11) is 3.47. The van der Waals surface area contributed by atoms with Crippen LogP contribution in [-0.4, -0.2) is 60.9 Å². The summed E-state index contributed by atoms with van der Waals surface area (Å²) in [5, 5.41) is 7.57. The molecule has 2 bridgehead atoms. The van der Waals surface area contributed by atoms with E-state index in [1.807, 2.05) is 37.1 Å². The van der Waals surface area contributed by atoms with Crippen molar-refractivity contribution < 1.29 is 23.7 Å². The van der Waals surface area contributed by atoms with Gasteiger partial charge in [0.05, 0.1) is 36.0 Å². The van der Waals surface area contributed by atoms with E-state index >= 15 is 0 Å². The first-order valence-electron chi connectivity index (χ1n) is 11.3. The minimum Gasteiger partial charge on any atom is -0.493 e. The van der Waals surface area contributed by atoms with Gasteiger partial charge in [-0.3, -0.25) is 9.69 Å². The van der Waals surface area contributed by atoms with E-state index in [0.29, 0.717) is 71.2 Å². The summed E-state index contributed by atoms with van der Waals surface area (Å²) in [5.74, 6) is 2.57. The first kappa shape index (κ1) is 23.3. The van der Waals surface area contributed by atoms with Crippen LogP contribution in [-0.2, 0) is 11.3 Å². The predicted octanol–water partition coefficient (Wildman–Crippen LogP) is 3.48. The maximum Gasteiger partial charge on any atom is 0.237 e. The van der Waals surface area contributed by atoms with Gasteiger partial charge in [0.1, 0.15) is 12.1 Å². The van der Waals surface area contributed by atoms with Crippen molar-refractivity contribution in [1.82, 2.24) is 20.2 Å². The highest BCUT2D eigenvalue weighted by Crippen LogP contribution is 2.48. The number of halogens is 1. The Morgan fingerprint density at radius 2 is 2.00 bits per heavy atom. The number of nitrogens with one attached hydrogen (secondary N) is 2. The van der Waals surface area contributed by atoms with Gasteiger partial charge in [0.2, 0.25) is 12.7 Å². The molecule has 2 aromatic carbocycles. The van der Waals surface area contributed by atoms with E-state index in [9.17, 15) is 4.79 Å². The normalized spacial score (nSPS) is 18.5. The van der Waals surface area contributed by atoms with E-state index in [-0.39, 0.29) is 18.7 Å². The van der Waals surface area contributed by atoms with Crippen LogP contribution >= 0.6 is 11.6 Å². The molecule has 3 heterocycles. The number of rotatable bonds is 1. The summed E-state index contributed by atoms with van der Waals surface area (Å²) in [6.45, 7) is 3.24. The number of hydrogen-bond donors (Lipinski definition) is 2. The number of carbonyl (C=O) groups excluding carboxylic acids is 1. The Kier molecular flexibility index (Phi) is 6.40. The van der Waals surface area contributed by atoms with Gasteiger partial charge >= 0.3 is 0 Å². The Hall–Kier alpha value is -3.50. The number of fused-ring (bicyclic) bond motifs is 4. The third-order valence-corrected chi connectivity index (χ3v) is 6.46. The van der Waals surface area contributed by atoms with E-state index in [1.165, 1.54) is 6.33 Å². The fourth-order valence-electron chi connectivity index (χ4n) is 4.11. The number of ether oxygens (including phenoxy) is 4. The van der Waals surface area contributed by atoms with E-state index in [1.54, 1.807) is 7.11 Å². The number of benzene rings is 2. The summed E-state index contributed by atoms with van der Waals surface area (Å²) in [6.07, 6.45) is 2.12. The molecule has 1 amide bonds. The fourth-order valence-corrected chi connectivity index (χ4v) is 4.39. The summed E-state index contributed by atoms with van der Waals surface area (Å²) >= 11 is 6.51. The van der Waals surface area contributed by atoms with Crippen LogP contribution in [0.3, 0.4) is 0 Å². The zero-order valence-electron chi connectivity index (χ0n) is 19.7. The molecule has 11 heteroatoms. The standard InChI is InChI=1S/C24H26ClN5O5/c1-13-24(31)26-5-4-6-33-19-8-15-17(9-18(19)32-3)27-11-28-23(15)29-20-14(10-30(13)2)7-16(25)21-22(20)35-12-34-21/h7-9,11,13H,4-6,10,12H2,1-3H3,(H,26,31)(H,27,28,29)/t13-/m0/s1. The average molecular weight is 500 g/mol. The number of aromatic nitrogens is 2. The van der Waals surface area contributed by atoms with E-state index < -0.39 is 0 Å². The van der Waals surface area contributed by atoms with Crippen molar-refractivity contribution in [3.63, 3.8) is 0 Å². The van der Waals surface area contributed by atoms with Gasteiger partial charge in [-0.15, -0.1) is 0 Å². The van der Waals surface area contributed by atoms with Crippen molar-refractivity contribution >= 4 is 39.9 Å². The second-order valence-electron chi connectivity index (χ2n) is 8.41. The van der Waals surface area contributed by atoms with Gasteiger partial charge in [-0.1, -0.05) is 11.6 Å². The molecule has 35 heavy (non-hydrogen) atoms. The second-order valence-corrected chi connectivity index (χ2v) is 8.82. The highest BCUT2D eigenvalue weighted by atomic mass is 35.5.